The molecule has 5 heteroatoms. The lowest BCUT2D eigenvalue weighted by Gasteiger charge is -2.24. The fraction of sp³-hybridized carbons (Fsp3) is 0.462. The van der Waals surface area contributed by atoms with E-state index in [0.717, 1.165) is 19.4 Å². The first-order chi connectivity index (χ1) is 8.72. The van der Waals surface area contributed by atoms with Crippen molar-refractivity contribution in [2.75, 3.05) is 20.3 Å². The average molecular weight is 252 g/mol. The van der Waals surface area contributed by atoms with Gasteiger partial charge in [-0.2, -0.15) is 0 Å². The Morgan fingerprint density at radius 2 is 2.33 bits per heavy atom. The Morgan fingerprint density at radius 1 is 1.50 bits per heavy atom. The van der Waals surface area contributed by atoms with Gasteiger partial charge in [0.15, 0.2) is 11.5 Å². The van der Waals surface area contributed by atoms with E-state index in [4.69, 9.17) is 19.3 Å². The molecular weight excluding hydrogens is 236 g/mol. The van der Waals surface area contributed by atoms with Gasteiger partial charge in [-0.15, -0.1) is 0 Å². The number of aromatic carboxylic acids is 1. The summed E-state index contributed by atoms with van der Waals surface area (Å²) in [5.41, 5.74) is 0.103. The quantitative estimate of drug-likeness (QED) is 0.887. The lowest BCUT2D eigenvalue weighted by Crippen LogP contribution is -2.28. The van der Waals surface area contributed by atoms with Gasteiger partial charge in [-0.3, -0.25) is 0 Å². The van der Waals surface area contributed by atoms with E-state index in [1.54, 1.807) is 12.1 Å². The van der Waals surface area contributed by atoms with Crippen LogP contribution in [0.1, 0.15) is 23.2 Å². The molecule has 0 saturated carbocycles. The van der Waals surface area contributed by atoms with Gasteiger partial charge in [0.05, 0.1) is 13.7 Å². The van der Waals surface area contributed by atoms with Gasteiger partial charge in [-0.25, -0.2) is 4.79 Å². The van der Waals surface area contributed by atoms with Crippen molar-refractivity contribution in [3.8, 4) is 11.5 Å². The number of hydrogen-bond acceptors (Lipinski definition) is 4. The standard InChI is InChI=1S/C13H16O5/c1-16-12-10(13(14)15)5-2-6-11(12)18-9-4-3-7-17-8-9/h2,5-6,9H,3-4,7-8H2,1H3,(H,14,15). The predicted molar refractivity (Wildman–Crippen MR) is 64.4 cm³/mol. The van der Waals surface area contributed by atoms with Gasteiger partial charge < -0.3 is 19.3 Å². The van der Waals surface area contributed by atoms with Crippen LogP contribution in [0.5, 0.6) is 11.5 Å². The van der Waals surface area contributed by atoms with Crippen LogP contribution in [-0.2, 0) is 4.74 Å². The van der Waals surface area contributed by atoms with Crippen molar-refractivity contribution in [3.63, 3.8) is 0 Å². The highest BCUT2D eigenvalue weighted by Gasteiger charge is 2.20. The van der Waals surface area contributed by atoms with E-state index in [0.29, 0.717) is 12.4 Å². The summed E-state index contributed by atoms with van der Waals surface area (Å²) >= 11 is 0. The lowest BCUT2D eigenvalue weighted by atomic mass is 10.1. The zero-order valence-corrected chi connectivity index (χ0v) is 10.2. The number of benzene rings is 1. The van der Waals surface area contributed by atoms with Gasteiger partial charge in [0.25, 0.3) is 0 Å². The second-order valence-electron chi connectivity index (χ2n) is 4.10. The first-order valence-corrected chi connectivity index (χ1v) is 5.87. The zero-order chi connectivity index (χ0) is 13.0. The molecule has 1 N–H and O–H groups in total. The normalized spacial score (nSPS) is 19.3. The van der Waals surface area contributed by atoms with Crippen molar-refractivity contribution in [3.05, 3.63) is 23.8 Å². The Hall–Kier alpha value is -1.75. The molecule has 1 saturated heterocycles. The van der Waals surface area contributed by atoms with Crippen LogP contribution in [0.25, 0.3) is 0 Å². The van der Waals surface area contributed by atoms with Gasteiger partial charge in [-0.05, 0) is 25.0 Å². The molecule has 1 fully saturated rings. The summed E-state index contributed by atoms with van der Waals surface area (Å²) in [6, 6.07) is 4.84. The largest absolute Gasteiger partial charge is 0.492 e. The van der Waals surface area contributed by atoms with Crippen molar-refractivity contribution in [1.82, 2.24) is 0 Å². The summed E-state index contributed by atoms with van der Waals surface area (Å²) in [5, 5.41) is 9.07. The number of hydrogen-bond donors (Lipinski definition) is 1. The van der Waals surface area contributed by atoms with E-state index in [-0.39, 0.29) is 17.4 Å². The Labute approximate surface area is 105 Å². The number of rotatable bonds is 4. The Balaban J connectivity index is 2.20. The van der Waals surface area contributed by atoms with Crippen molar-refractivity contribution < 1.29 is 24.1 Å². The smallest absolute Gasteiger partial charge is 0.339 e. The monoisotopic (exact) mass is 252 g/mol. The van der Waals surface area contributed by atoms with Crippen molar-refractivity contribution in [2.24, 2.45) is 0 Å². The van der Waals surface area contributed by atoms with E-state index < -0.39 is 5.97 Å². The molecule has 0 aromatic heterocycles. The molecule has 1 atom stereocenters. The van der Waals surface area contributed by atoms with E-state index in [1.807, 2.05) is 0 Å². The molecule has 98 valence electrons. The minimum Gasteiger partial charge on any atom is -0.492 e. The second-order valence-corrected chi connectivity index (χ2v) is 4.10. The summed E-state index contributed by atoms with van der Waals surface area (Å²) < 4.78 is 16.2. The van der Waals surface area contributed by atoms with Gasteiger partial charge in [0.1, 0.15) is 11.7 Å². The Kier molecular flexibility index (Phi) is 4.04. The van der Waals surface area contributed by atoms with E-state index >= 15 is 0 Å². The fourth-order valence-electron chi connectivity index (χ4n) is 1.97. The number of methoxy groups -OCH3 is 1. The summed E-state index contributed by atoms with van der Waals surface area (Å²) in [4.78, 5) is 11.1. The van der Waals surface area contributed by atoms with E-state index in [1.165, 1.54) is 13.2 Å². The molecule has 0 bridgehead atoms. The molecule has 18 heavy (non-hydrogen) atoms. The summed E-state index contributed by atoms with van der Waals surface area (Å²) in [6.07, 6.45) is 1.81. The molecule has 0 spiro atoms. The van der Waals surface area contributed by atoms with Crippen LogP contribution in [-0.4, -0.2) is 37.5 Å². The van der Waals surface area contributed by atoms with Gasteiger partial charge >= 0.3 is 5.97 Å². The van der Waals surface area contributed by atoms with Crippen LogP contribution in [0.3, 0.4) is 0 Å². The molecule has 1 aromatic rings. The van der Waals surface area contributed by atoms with Crippen molar-refractivity contribution in [1.29, 1.82) is 0 Å². The van der Waals surface area contributed by atoms with Crippen molar-refractivity contribution in [2.45, 2.75) is 18.9 Å². The molecule has 1 aliphatic rings. The van der Waals surface area contributed by atoms with Crippen LogP contribution in [0.2, 0.25) is 0 Å². The molecule has 1 unspecified atom stereocenters. The molecule has 0 amide bonds. The van der Waals surface area contributed by atoms with Crippen LogP contribution in [0.15, 0.2) is 18.2 Å². The number of carboxylic acids is 1. The SMILES string of the molecule is COc1c(OC2CCCOC2)cccc1C(=O)O. The number of carbonyl (C=O) groups is 1. The van der Waals surface area contributed by atoms with E-state index in [9.17, 15) is 4.79 Å². The van der Waals surface area contributed by atoms with Gasteiger partial charge in [0, 0.05) is 6.61 Å². The lowest BCUT2D eigenvalue weighted by molar-refractivity contribution is 0.00635. The highest BCUT2D eigenvalue weighted by molar-refractivity contribution is 5.92. The number of para-hydroxylation sites is 1. The maximum Gasteiger partial charge on any atom is 0.339 e. The Bertz CT molecular complexity index is 423. The summed E-state index contributed by atoms with van der Waals surface area (Å²) in [7, 11) is 1.44. The second kappa shape index (κ2) is 5.73. The molecular formula is C13H16O5. The first-order valence-electron chi connectivity index (χ1n) is 5.87. The third-order valence-corrected chi connectivity index (χ3v) is 2.83. The average Bonchev–Trinajstić information content (AvgIpc) is 2.39. The molecule has 1 heterocycles. The maximum atomic E-state index is 11.1. The maximum absolute atomic E-state index is 11.1. The van der Waals surface area contributed by atoms with Gasteiger partial charge in [-0.1, -0.05) is 6.07 Å². The molecule has 0 radical (unpaired) electrons. The first kappa shape index (κ1) is 12.7. The highest BCUT2D eigenvalue weighted by Crippen LogP contribution is 2.32. The highest BCUT2D eigenvalue weighted by atomic mass is 16.5. The van der Waals surface area contributed by atoms with Gasteiger partial charge in [0.2, 0.25) is 0 Å². The third kappa shape index (κ3) is 2.73. The fourth-order valence-corrected chi connectivity index (χ4v) is 1.97. The van der Waals surface area contributed by atoms with Crippen LogP contribution in [0, 0.1) is 0 Å². The third-order valence-electron chi connectivity index (χ3n) is 2.83. The summed E-state index contributed by atoms with van der Waals surface area (Å²) in [6.45, 7) is 1.28. The zero-order valence-electron chi connectivity index (χ0n) is 10.2. The Morgan fingerprint density at radius 3 is 2.94 bits per heavy atom. The van der Waals surface area contributed by atoms with Crippen LogP contribution >= 0.6 is 0 Å². The number of ether oxygens (including phenoxy) is 3. The topological polar surface area (TPSA) is 65.0 Å². The molecule has 1 aromatic carbocycles. The van der Waals surface area contributed by atoms with Crippen LogP contribution in [0.4, 0.5) is 0 Å². The minimum atomic E-state index is -1.03. The predicted octanol–water partition coefficient (Wildman–Crippen LogP) is 1.95. The minimum absolute atomic E-state index is 0.0447. The molecule has 5 nitrogen and oxygen atoms in total. The summed E-state index contributed by atoms with van der Waals surface area (Å²) in [5.74, 6) is -0.319. The van der Waals surface area contributed by atoms with Crippen LogP contribution < -0.4 is 9.47 Å². The number of carboxylic acid groups (broad SMARTS) is 1. The molecule has 2 rings (SSSR count). The van der Waals surface area contributed by atoms with E-state index in [2.05, 4.69) is 0 Å². The molecule has 1 aliphatic heterocycles. The van der Waals surface area contributed by atoms with Crippen molar-refractivity contribution >= 4 is 5.97 Å². The molecule has 0 aliphatic carbocycles.